The van der Waals surface area contributed by atoms with Crippen molar-refractivity contribution in [2.45, 2.75) is 26.8 Å². The Bertz CT molecular complexity index is 210. The molecule has 3 heteroatoms. The zero-order chi connectivity index (χ0) is 8.10. The molecule has 0 aromatic carbocycles. The SMILES string of the molecule is CCCNCc1ccc(C)o1.Cl. The van der Waals surface area contributed by atoms with Crippen molar-refractivity contribution in [1.82, 2.24) is 5.32 Å². The fourth-order valence-corrected chi connectivity index (χ4v) is 0.968. The van der Waals surface area contributed by atoms with Crippen LogP contribution in [0.15, 0.2) is 16.5 Å². The van der Waals surface area contributed by atoms with E-state index >= 15 is 0 Å². The Morgan fingerprint density at radius 3 is 2.67 bits per heavy atom. The Morgan fingerprint density at radius 2 is 2.17 bits per heavy atom. The third-order valence-corrected chi connectivity index (χ3v) is 1.52. The fourth-order valence-electron chi connectivity index (χ4n) is 0.968. The first-order valence-electron chi connectivity index (χ1n) is 4.09. The number of rotatable bonds is 4. The standard InChI is InChI=1S/C9H15NO.ClH/c1-3-6-10-7-9-5-4-8(2)11-9;/h4-5,10H,3,6-7H2,1-2H3;1H. The molecule has 0 saturated carbocycles. The largest absolute Gasteiger partial charge is 0.465 e. The first kappa shape index (κ1) is 11.5. The molecule has 0 aliphatic rings. The number of furan rings is 1. The molecule has 0 saturated heterocycles. The van der Waals surface area contributed by atoms with E-state index in [-0.39, 0.29) is 12.4 Å². The van der Waals surface area contributed by atoms with Crippen LogP contribution in [0.3, 0.4) is 0 Å². The van der Waals surface area contributed by atoms with Crippen LogP contribution >= 0.6 is 12.4 Å². The Hall–Kier alpha value is -0.470. The summed E-state index contributed by atoms with van der Waals surface area (Å²) in [4.78, 5) is 0. The van der Waals surface area contributed by atoms with E-state index in [2.05, 4.69) is 12.2 Å². The maximum Gasteiger partial charge on any atom is 0.117 e. The number of nitrogens with one attached hydrogen (secondary N) is 1. The number of hydrogen-bond acceptors (Lipinski definition) is 2. The fraction of sp³-hybridized carbons (Fsp3) is 0.556. The zero-order valence-corrected chi connectivity index (χ0v) is 8.41. The van der Waals surface area contributed by atoms with Crippen LogP contribution in [-0.2, 0) is 6.54 Å². The normalized spacial score (nSPS) is 9.50. The van der Waals surface area contributed by atoms with Gasteiger partial charge < -0.3 is 9.73 Å². The van der Waals surface area contributed by atoms with Crippen molar-refractivity contribution < 1.29 is 4.42 Å². The molecule has 1 aromatic rings. The van der Waals surface area contributed by atoms with Gasteiger partial charge in [0, 0.05) is 0 Å². The van der Waals surface area contributed by atoms with Gasteiger partial charge in [-0.3, -0.25) is 0 Å². The smallest absolute Gasteiger partial charge is 0.117 e. The summed E-state index contributed by atoms with van der Waals surface area (Å²) in [6.45, 7) is 6.02. The van der Waals surface area contributed by atoms with Crippen molar-refractivity contribution in [2.24, 2.45) is 0 Å². The molecular formula is C9H16ClNO. The number of halogens is 1. The molecule has 2 nitrogen and oxygen atoms in total. The van der Waals surface area contributed by atoms with Gasteiger partial charge in [0.05, 0.1) is 6.54 Å². The highest BCUT2D eigenvalue weighted by molar-refractivity contribution is 5.85. The Balaban J connectivity index is 0.00000121. The molecule has 12 heavy (non-hydrogen) atoms. The summed E-state index contributed by atoms with van der Waals surface area (Å²) in [6, 6.07) is 4.00. The van der Waals surface area contributed by atoms with E-state index in [4.69, 9.17) is 4.42 Å². The molecule has 1 rings (SSSR count). The topological polar surface area (TPSA) is 25.2 Å². The minimum absolute atomic E-state index is 0. The molecule has 0 spiro atoms. The molecule has 0 aliphatic carbocycles. The van der Waals surface area contributed by atoms with E-state index in [0.29, 0.717) is 0 Å². The quantitative estimate of drug-likeness (QED) is 0.737. The van der Waals surface area contributed by atoms with Gasteiger partial charge in [-0.1, -0.05) is 6.92 Å². The highest BCUT2D eigenvalue weighted by Crippen LogP contribution is 2.04. The molecule has 1 N–H and O–H groups in total. The van der Waals surface area contributed by atoms with Gasteiger partial charge in [-0.05, 0) is 32.0 Å². The van der Waals surface area contributed by atoms with Crippen LogP contribution in [0.25, 0.3) is 0 Å². The minimum atomic E-state index is 0. The maximum atomic E-state index is 5.37. The lowest BCUT2D eigenvalue weighted by molar-refractivity contribution is 0.462. The second-order valence-electron chi connectivity index (χ2n) is 2.69. The van der Waals surface area contributed by atoms with Gasteiger partial charge >= 0.3 is 0 Å². The van der Waals surface area contributed by atoms with Gasteiger partial charge in [0.15, 0.2) is 0 Å². The molecule has 1 heterocycles. The maximum absolute atomic E-state index is 5.37. The molecular weight excluding hydrogens is 174 g/mol. The average Bonchev–Trinajstić information content (AvgIpc) is 2.37. The van der Waals surface area contributed by atoms with E-state index in [9.17, 15) is 0 Å². The second kappa shape index (κ2) is 6.09. The predicted octanol–water partition coefficient (Wildman–Crippen LogP) is 2.51. The Morgan fingerprint density at radius 1 is 1.42 bits per heavy atom. The average molecular weight is 190 g/mol. The molecule has 70 valence electrons. The molecule has 0 unspecified atom stereocenters. The van der Waals surface area contributed by atoms with Crippen LogP contribution in [0.2, 0.25) is 0 Å². The lowest BCUT2D eigenvalue weighted by Gasteiger charge is -1.97. The van der Waals surface area contributed by atoms with Gasteiger partial charge in [-0.15, -0.1) is 12.4 Å². The van der Waals surface area contributed by atoms with Crippen molar-refractivity contribution in [3.63, 3.8) is 0 Å². The lowest BCUT2D eigenvalue weighted by atomic mass is 10.4. The summed E-state index contributed by atoms with van der Waals surface area (Å²) in [5, 5.41) is 3.27. The van der Waals surface area contributed by atoms with E-state index in [1.807, 2.05) is 19.1 Å². The number of hydrogen-bond donors (Lipinski definition) is 1. The van der Waals surface area contributed by atoms with Crippen molar-refractivity contribution in [1.29, 1.82) is 0 Å². The monoisotopic (exact) mass is 189 g/mol. The zero-order valence-electron chi connectivity index (χ0n) is 7.59. The van der Waals surface area contributed by atoms with Crippen molar-refractivity contribution >= 4 is 12.4 Å². The third-order valence-electron chi connectivity index (χ3n) is 1.52. The van der Waals surface area contributed by atoms with Crippen LogP contribution < -0.4 is 5.32 Å². The molecule has 0 amide bonds. The van der Waals surface area contributed by atoms with Gasteiger partial charge in [0.25, 0.3) is 0 Å². The third kappa shape index (κ3) is 3.79. The van der Waals surface area contributed by atoms with Crippen molar-refractivity contribution in [3.05, 3.63) is 23.7 Å². The van der Waals surface area contributed by atoms with E-state index in [1.54, 1.807) is 0 Å². The summed E-state index contributed by atoms with van der Waals surface area (Å²) < 4.78 is 5.37. The van der Waals surface area contributed by atoms with E-state index in [1.165, 1.54) is 6.42 Å². The molecule has 0 aliphatic heterocycles. The highest BCUT2D eigenvalue weighted by atomic mass is 35.5. The van der Waals surface area contributed by atoms with Crippen molar-refractivity contribution in [2.75, 3.05) is 6.54 Å². The first-order chi connectivity index (χ1) is 5.33. The van der Waals surface area contributed by atoms with E-state index in [0.717, 1.165) is 24.6 Å². The summed E-state index contributed by atoms with van der Waals surface area (Å²) in [5.74, 6) is 2.01. The van der Waals surface area contributed by atoms with E-state index < -0.39 is 0 Å². The Kier molecular flexibility index (Phi) is 5.85. The van der Waals surface area contributed by atoms with Crippen LogP contribution in [0.4, 0.5) is 0 Å². The summed E-state index contributed by atoms with van der Waals surface area (Å²) >= 11 is 0. The van der Waals surface area contributed by atoms with Gasteiger partial charge in [-0.2, -0.15) is 0 Å². The molecule has 0 fully saturated rings. The predicted molar refractivity (Wildman–Crippen MR) is 52.7 cm³/mol. The summed E-state index contributed by atoms with van der Waals surface area (Å²) in [6.07, 6.45) is 1.17. The van der Waals surface area contributed by atoms with Gasteiger partial charge in [0.1, 0.15) is 11.5 Å². The molecule has 1 aromatic heterocycles. The van der Waals surface area contributed by atoms with Crippen LogP contribution in [0.5, 0.6) is 0 Å². The summed E-state index contributed by atoms with van der Waals surface area (Å²) in [5.41, 5.74) is 0. The summed E-state index contributed by atoms with van der Waals surface area (Å²) in [7, 11) is 0. The first-order valence-corrected chi connectivity index (χ1v) is 4.09. The second-order valence-corrected chi connectivity index (χ2v) is 2.69. The molecule has 0 bridgehead atoms. The van der Waals surface area contributed by atoms with Crippen molar-refractivity contribution in [3.8, 4) is 0 Å². The number of aryl methyl sites for hydroxylation is 1. The highest BCUT2D eigenvalue weighted by Gasteiger charge is 1.95. The Labute approximate surface area is 79.8 Å². The van der Waals surface area contributed by atoms with Crippen LogP contribution in [0, 0.1) is 6.92 Å². The van der Waals surface area contributed by atoms with Gasteiger partial charge in [-0.25, -0.2) is 0 Å². The van der Waals surface area contributed by atoms with Gasteiger partial charge in [0.2, 0.25) is 0 Å². The van der Waals surface area contributed by atoms with Crippen LogP contribution in [-0.4, -0.2) is 6.54 Å². The molecule has 0 atom stereocenters. The lowest BCUT2D eigenvalue weighted by Crippen LogP contribution is -2.12. The molecule has 0 radical (unpaired) electrons. The van der Waals surface area contributed by atoms with Crippen LogP contribution in [0.1, 0.15) is 24.9 Å². The minimum Gasteiger partial charge on any atom is -0.465 e.